The standard InChI is InChI=1S/C16H16FNO3/c1-11(21-15-8-4-7-14(10-15)20-2)16(19)18-13-6-3-5-12(17)9-13/h3-11H,1-2H3,(H,18,19)/t11-/m1/s1. The van der Waals surface area contributed by atoms with Crippen LogP contribution in [-0.4, -0.2) is 19.1 Å². The Bertz CT molecular complexity index is 630. The van der Waals surface area contributed by atoms with Gasteiger partial charge in [0.15, 0.2) is 6.10 Å². The Kier molecular flexibility index (Phi) is 4.77. The highest BCUT2D eigenvalue weighted by atomic mass is 19.1. The van der Waals surface area contributed by atoms with E-state index in [0.29, 0.717) is 17.2 Å². The van der Waals surface area contributed by atoms with Crippen molar-refractivity contribution in [2.24, 2.45) is 0 Å². The summed E-state index contributed by atoms with van der Waals surface area (Å²) in [6.45, 7) is 1.62. The second-order valence-corrected chi connectivity index (χ2v) is 4.44. The fourth-order valence-corrected chi connectivity index (χ4v) is 1.74. The summed E-state index contributed by atoms with van der Waals surface area (Å²) >= 11 is 0. The van der Waals surface area contributed by atoms with Gasteiger partial charge in [0, 0.05) is 11.8 Å². The van der Waals surface area contributed by atoms with Crippen LogP contribution in [0.4, 0.5) is 10.1 Å². The summed E-state index contributed by atoms with van der Waals surface area (Å²) in [5.41, 5.74) is 0.390. The van der Waals surface area contributed by atoms with E-state index in [4.69, 9.17) is 9.47 Å². The Hall–Kier alpha value is -2.56. The third-order valence-electron chi connectivity index (χ3n) is 2.82. The number of methoxy groups -OCH3 is 1. The van der Waals surface area contributed by atoms with Gasteiger partial charge in [0.2, 0.25) is 0 Å². The van der Waals surface area contributed by atoms with Crippen LogP contribution in [0.5, 0.6) is 11.5 Å². The molecule has 0 aliphatic heterocycles. The highest BCUT2D eigenvalue weighted by Gasteiger charge is 2.15. The summed E-state index contributed by atoms with van der Waals surface area (Å²) < 4.78 is 23.7. The van der Waals surface area contributed by atoms with Gasteiger partial charge in [-0.1, -0.05) is 12.1 Å². The third kappa shape index (κ3) is 4.21. The van der Waals surface area contributed by atoms with Gasteiger partial charge in [0.1, 0.15) is 17.3 Å². The van der Waals surface area contributed by atoms with Crippen LogP contribution in [0.1, 0.15) is 6.92 Å². The maximum absolute atomic E-state index is 13.1. The molecule has 0 aliphatic rings. The van der Waals surface area contributed by atoms with Gasteiger partial charge in [-0.15, -0.1) is 0 Å². The SMILES string of the molecule is COc1cccc(O[C@H](C)C(=O)Nc2cccc(F)c2)c1. The lowest BCUT2D eigenvalue weighted by Crippen LogP contribution is -2.30. The van der Waals surface area contributed by atoms with Crippen molar-refractivity contribution in [3.63, 3.8) is 0 Å². The van der Waals surface area contributed by atoms with Crippen LogP contribution in [0.3, 0.4) is 0 Å². The molecule has 0 aliphatic carbocycles. The Labute approximate surface area is 122 Å². The van der Waals surface area contributed by atoms with E-state index in [2.05, 4.69) is 5.32 Å². The molecule has 21 heavy (non-hydrogen) atoms. The molecule has 2 aromatic rings. The summed E-state index contributed by atoms with van der Waals surface area (Å²) in [5.74, 6) is 0.402. The molecule has 0 saturated carbocycles. The highest BCUT2D eigenvalue weighted by Crippen LogP contribution is 2.20. The van der Waals surface area contributed by atoms with Crippen molar-refractivity contribution in [2.45, 2.75) is 13.0 Å². The van der Waals surface area contributed by atoms with Gasteiger partial charge in [0.25, 0.3) is 5.91 Å². The second kappa shape index (κ2) is 6.74. The molecule has 5 heteroatoms. The van der Waals surface area contributed by atoms with E-state index in [1.54, 1.807) is 44.4 Å². The van der Waals surface area contributed by atoms with Crippen LogP contribution < -0.4 is 14.8 Å². The zero-order valence-electron chi connectivity index (χ0n) is 11.8. The molecule has 2 aromatic carbocycles. The van der Waals surface area contributed by atoms with Gasteiger partial charge >= 0.3 is 0 Å². The number of rotatable bonds is 5. The van der Waals surface area contributed by atoms with Gasteiger partial charge in [-0.3, -0.25) is 4.79 Å². The minimum atomic E-state index is -0.722. The largest absolute Gasteiger partial charge is 0.497 e. The Morgan fingerprint density at radius 1 is 1.14 bits per heavy atom. The maximum Gasteiger partial charge on any atom is 0.265 e. The average Bonchev–Trinajstić information content (AvgIpc) is 2.47. The molecule has 0 radical (unpaired) electrons. The van der Waals surface area contributed by atoms with E-state index < -0.39 is 11.9 Å². The number of hydrogen-bond donors (Lipinski definition) is 1. The molecule has 4 nitrogen and oxygen atoms in total. The van der Waals surface area contributed by atoms with Crippen LogP contribution in [0.2, 0.25) is 0 Å². The zero-order valence-corrected chi connectivity index (χ0v) is 11.8. The maximum atomic E-state index is 13.1. The molecule has 1 atom stereocenters. The molecule has 110 valence electrons. The van der Waals surface area contributed by atoms with Crippen molar-refractivity contribution in [3.05, 3.63) is 54.3 Å². The van der Waals surface area contributed by atoms with Gasteiger partial charge in [-0.25, -0.2) is 4.39 Å². The molecule has 0 heterocycles. The third-order valence-corrected chi connectivity index (χ3v) is 2.82. The van der Waals surface area contributed by atoms with Gasteiger partial charge in [0.05, 0.1) is 7.11 Å². The van der Waals surface area contributed by atoms with Crippen LogP contribution in [0, 0.1) is 5.82 Å². The van der Waals surface area contributed by atoms with Crippen LogP contribution >= 0.6 is 0 Å². The number of halogens is 1. The fourth-order valence-electron chi connectivity index (χ4n) is 1.74. The number of hydrogen-bond acceptors (Lipinski definition) is 3. The van der Waals surface area contributed by atoms with Gasteiger partial charge in [-0.05, 0) is 37.3 Å². The Morgan fingerprint density at radius 2 is 1.86 bits per heavy atom. The minimum absolute atomic E-state index is 0.358. The van der Waals surface area contributed by atoms with E-state index in [9.17, 15) is 9.18 Å². The van der Waals surface area contributed by atoms with Crippen LogP contribution in [-0.2, 0) is 4.79 Å². The lowest BCUT2D eigenvalue weighted by Gasteiger charge is -2.15. The predicted molar refractivity (Wildman–Crippen MR) is 78.1 cm³/mol. The molecular formula is C16H16FNO3. The van der Waals surface area contributed by atoms with Crippen molar-refractivity contribution >= 4 is 11.6 Å². The predicted octanol–water partition coefficient (Wildman–Crippen LogP) is 3.24. The summed E-state index contributed by atoms with van der Waals surface area (Å²) in [6, 6.07) is 12.7. The first kappa shape index (κ1) is 14.8. The summed E-state index contributed by atoms with van der Waals surface area (Å²) in [4.78, 5) is 12.0. The zero-order chi connectivity index (χ0) is 15.2. The first-order chi connectivity index (χ1) is 10.1. The molecule has 0 saturated heterocycles. The second-order valence-electron chi connectivity index (χ2n) is 4.44. The van der Waals surface area contributed by atoms with Crippen molar-refractivity contribution in [1.82, 2.24) is 0 Å². The van der Waals surface area contributed by atoms with Crippen molar-refractivity contribution in [1.29, 1.82) is 0 Å². The number of anilines is 1. The van der Waals surface area contributed by atoms with Gasteiger partial charge < -0.3 is 14.8 Å². The fraction of sp³-hybridized carbons (Fsp3) is 0.188. The first-order valence-corrected chi connectivity index (χ1v) is 6.45. The summed E-state index contributed by atoms with van der Waals surface area (Å²) in [7, 11) is 1.55. The Balaban J connectivity index is 1.99. The molecule has 0 fully saturated rings. The monoisotopic (exact) mass is 289 g/mol. The van der Waals surface area contributed by atoms with E-state index in [0.717, 1.165) is 0 Å². The smallest absolute Gasteiger partial charge is 0.265 e. The molecule has 1 amide bonds. The molecule has 0 spiro atoms. The van der Waals surface area contributed by atoms with Crippen molar-refractivity contribution < 1.29 is 18.7 Å². The molecule has 1 N–H and O–H groups in total. The molecular weight excluding hydrogens is 273 g/mol. The minimum Gasteiger partial charge on any atom is -0.497 e. The molecule has 2 rings (SSSR count). The number of ether oxygens (including phenoxy) is 2. The van der Waals surface area contributed by atoms with Crippen molar-refractivity contribution in [2.75, 3.05) is 12.4 Å². The first-order valence-electron chi connectivity index (χ1n) is 6.45. The van der Waals surface area contributed by atoms with Crippen molar-refractivity contribution in [3.8, 4) is 11.5 Å². The number of amides is 1. The number of carbonyl (C=O) groups is 1. The topological polar surface area (TPSA) is 47.6 Å². The van der Waals surface area contributed by atoms with E-state index >= 15 is 0 Å². The normalized spacial score (nSPS) is 11.6. The van der Waals surface area contributed by atoms with E-state index in [-0.39, 0.29) is 5.91 Å². The number of nitrogens with one attached hydrogen (secondary N) is 1. The van der Waals surface area contributed by atoms with Gasteiger partial charge in [-0.2, -0.15) is 0 Å². The summed E-state index contributed by atoms with van der Waals surface area (Å²) in [5, 5.41) is 2.60. The quantitative estimate of drug-likeness (QED) is 0.919. The number of carbonyl (C=O) groups excluding carboxylic acids is 1. The molecule has 0 aromatic heterocycles. The molecule has 0 unspecified atom stereocenters. The Morgan fingerprint density at radius 3 is 2.57 bits per heavy atom. The summed E-state index contributed by atoms with van der Waals surface area (Å²) in [6.07, 6.45) is -0.722. The average molecular weight is 289 g/mol. The van der Waals surface area contributed by atoms with E-state index in [1.807, 2.05) is 0 Å². The number of benzene rings is 2. The van der Waals surface area contributed by atoms with E-state index in [1.165, 1.54) is 18.2 Å². The highest BCUT2D eigenvalue weighted by molar-refractivity contribution is 5.94. The lowest BCUT2D eigenvalue weighted by atomic mass is 10.3. The van der Waals surface area contributed by atoms with Crippen LogP contribution in [0.25, 0.3) is 0 Å². The molecule has 0 bridgehead atoms. The van der Waals surface area contributed by atoms with Crippen LogP contribution in [0.15, 0.2) is 48.5 Å². The lowest BCUT2D eigenvalue weighted by molar-refractivity contribution is -0.122.